The summed E-state index contributed by atoms with van der Waals surface area (Å²) in [6.07, 6.45) is 0.444. The predicted octanol–water partition coefficient (Wildman–Crippen LogP) is 3.88. The zero-order valence-corrected chi connectivity index (χ0v) is 11.9. The molecule has 0 aromatic heterocycles. The van der Waals surface area contributed by atoms with E-state index >= 15 is 0 Å². The number of hydrogen-bond acceptors (Lipinski definition) is 2. The first kappa shape index (κ1) is 15.0. The van der Waals surface area contributed by atoms with E-state index in [-0.39, 0.29) is 5.56 Å². The first-order valence-electron chi connectivity index (χ1n) is 6.42. The topological polar surface area (TPSA) is 26.3 Å². The van der Waals surface area contributed by atoms with E-state index in [2.05, 4.69) is 0 Å². The standard InChI is InChI=1S/C15H17F3O2/c1-14(2)7-9(15(3,4)20-14)13(19)8-5-10(16)12(18)11(17)6-8/h5-6,9H,7H2,1-4H3. The van der Waals surface area contributed by atoms with Crippen LogP contribution in [0.1, 0.15) is 44.5 Å². The van der Waals surface area contributed by atoms with Gasteiger partial charge in [0.2, 0.25) is 0 Å². The molecule has 110 valence electrons. The van der Waals surface area contributed by atoms with Gasteiger partial charge in [-0.05, 0) is 46.2 Å². The Bertz CT molecular complexity index is 541. The Morgan fingerprint density at radius 3 is 2.05 bits per heavy atom. The fourth-order valence-electron chi connectivity index (χ4n) is 2.87. The molecule has 0 aliphatic carbocycles. The monoisotopic (exact) mass is 286 g/mol. The van der Waals surface area contributed by atoms with Crippen molar-refractivity contribution in [1.29, 1.82) is 0 Å². The van der Waals surface area contributed by atoms with E-state index in [4.69, 9.17) is 4.74 Å². The molecule has 2 nitrogen and oxygen atoms in total. The highest BCUT2D eigenvalue weighted by Gasteiger charge is 2.49. The van der Waals surface area contributed by atoms with Crippen molar-refractivity contribution < 1.29 is 22.7 Å². The average molecular weight is 286 g/mol. The molecule has 0 N–H and O–H groups in total. The Morgan fingerprint density at radius 1 is 1.15 bits per heavy atom. The molecule has 0 saturated carbocycles. The predicted molar refractivity (Wildman–Crippen MR) is 68.0 cm³/mol. The lowest BCUT2D eigenvalue weighted by Gasteiger charge is -2.26. The molecule has 0 bridgehead atoms. The molecule has 0 spiro atoms. The van der Waals surface area contributed by atoms with Gasteiger partial charge >= 0.3 is 0 Å². The van der Waals surface area contributed by atoms with Crippen LogP contribution in [0, 0.1) is 23.4 Å². The summed E-state index contributed by atoms with van der Waals surface area (Å²) in [4.78, 5) is 12.4. The number of ketones is 1. The van der Waals surface area contributed by atoms with Crippen LogP contribution in [-0.4, -0.2) is 17.0 Å². The van der Waals surface area contributed by atoms with E-state index in [0.29, 0.717) is 6.42 Å². The first-order chi connectivity index (χ1) is 9.03. The van der Waals surface area contributed by atoms with E-state index in [1.54, 1.807) is 13.8 Å². The lowest BCUT2D eigenvalue weighted by Crippen LogP contribution is -2.34. The Labute approximate surface area is 115 Å². The molecule has 0 amide bonds. The SMILES string of the molecule is CC1(C)CC(C(=O)c2cc(F)c(F)c(F)c2)C(C)(C)O1. The summed E-state index contributed by atoms with van der Waals surface area (Å²) in [5.41, 5.74) is -1.39. The van der Waals surface area contributed by atoms with Gasteiger partial charge in [0.25, 0.3) is 0 Å². The average Bonchev–Trinajstić information content (AvgIpc) is 2.52. The van der Waals surface area contributed by atoms with E-state index in [1.165, 1.54) is 0 Å². The van der Waals surface area contributed by atoms with Gasteiger partial charge in [0.05, 0.1) is 17.1 Å². The van der Waals surface area contributed by atoms with Gasteiger partial charge in [-0.15, -0.1) is 0 Å². The van der Waals surface area contributed by atoms with Crippen LogP contribution >= 0.6 is 0 Å². The Morgan fingerprint density at radius 2 is 1.65 bits per heavy atom. The molecule has 1 aromatic carbocycles. The third-order valence-electron chi connectivity index (χ3n) is 3.66. The maximum absolute atomic E-state index is 13.2. The van der Waals surface area contributed by atoms with Crippen molar-refractivity contribution in [3.63, 3.8) is 0 Å². The lowest BCUT2D eigenvalue weighted by atomic mass is 9.81. The molecule has 1 fully saturated rings. The van der Waals surface area contributed by atoms with E-state index in [1.807, 2.05) is 13.8 Å². The van der Waals surface area contributed by atoms with Crippen molar-refractivity contribution >= 4 is 5.78 Å². The summed E-state index contributed by atoms with van der Waals surface area (Å²) < 4.78 is 45.2. The van der Waals surface area contributed by atoms with Gasteiger partial charge in [0, 0.05) is 5.56 Å². The number of benzene rings is 1. The number of ether oxygens (including phenoxy) is 1. The molecule has 1 saturated heterocycles. The quantitative estimate of drug-likeness (QED) is 0.609. The Hall–Kier alpha value is -1.36. The van der Waals surface area contributed by atoms with Crippen LogP contribution in [0.2, 0.25) is 0 Å². The van der Waals surface area contributed by atoms with Crippen LogP contribution in [0.25, 0.3) is 0 Å². The van der Waals surface area contributed by atoms with E-state index in [0.717, 1.165) is 12.1 Å². The smallest absolute Gasteiger partial charge is 0.194 e. The summed E-state index contributed by atoms with van der Waals surface area (Å²) in [6, 6.07) is 1.48. The van der Waals surface area contributed by atoms with Crippen molar-refractivity contribution in [3.8, 4) is 0 Å². The molecule has 20 heavy (non-hydrogen) atoms. The molecule has 1 heterocycles. The molecular formula is C15H17F3O2. The second-order valence-corrected chi connectivity index (χ2v) is 6.34. The van der Waals surface area contributed by atoms with Crippen LogP contribution in [-0.2, 0) is 4.74 Å². The van der Waals surface area contributed by atoms with Crippen molar-refractivity contribution in [1.82, 2.24) is 0 Å². The largest absolute Gasteiger partial charge is 0.369 e. The second-order valence-electron chi connectivity index (χ2n) is 6.34. The fraction of sp³-hybridized carbons (Fsp3) is 0.533. The minimum atomic E-state index is -1.57. The summed E-state index contributed by atoms with van der Waals surface area (Å²) in [5, 5.41) is 0. The van der Waals surface area contributed by atoms with Crippen LogP contribution < -0.4 is 0 Å². The highest BCUT2D eigenvalue weighted by molar-refractivity contribution is 5.98. The third kappa shape index (κ3) is 2.59. The zero-order chi connectivity index (χ0) is 15.3. The number of carbonyl (C=O) groups is 1. The number of rotatable bonds is 2. The molecule has 1 unspecified atom stereocenters. The van der Waals surface area contributed by atoms with Gasteiger partial charge in [-0.3, -0.25) is 4.79 Å². The zero-order valence-electron chi connectivity index (χ0n) is 11.9. The van der Waals surface area contributed by atoms with Gasteiger partial charge in [-0.25, -0.2) is 13.2 Å². The molecule has 1 aliphatic rings. The van der Waals surface area contributed by atoms with Gasteiger partial charge in [0.15, 0.2) is 23.2 Å². The maximum atomic E-state index is 13.2. The third-order valence-corrected chi connectivity index (χ3v) is 3.66. The highest BCUT2D eigenvalue weighted by atomic mass is 19.2. The number of Topliss-reactive ketones (excluding diaryl/α,β-unsaturated/α-hetero) is 1. The Kier molecular flexibility index (Phi) is 3.45. The molecule has 5 heteroatoms. The number of halogens is 3. The van der Waals surface area contributed by atoms with Gasteiger partial charge < -0.3 is 4.74 Å². The summed E-state index contributed by atoms with van der Waals surface area (Å²) in [6.45, 7) is 7.24. The molecule has 1 aromatic rings. The molecular weight excluding hydrogens is 269 g/mol. The summed E-state index contributed by atoms with van der Waals surface area (Å²) in [7, 11) is 0. The number of carbonyl (C=O) groups excluding carboxylic acids is 1. The second kappa shape index (κ2) is 4.58. The summed E-state index contributed by atoms with van der Waals surface area (Å²) >= 11 is 0. The van der Waals surface area contributed by atoms with Crippen LogP contribution in [0.15, 0.2) is 12.1 Å². The highest BCUT2D eigenvalue weighted by Crippen LogP contribution is 2.43. The number of hydrogen-bond donors (Lipinski definition) is 0. The van der Waals surface area contributed by atoms with E-state index < -0.39 is 40.4 Å². The fourth-order valence-corrected chi connectivity index (χ4v) is 2.87. The van der Waals surface area contributed by atoms with Gasteiger partial charge in [-0.1, -0.05) is 0 Å². The van der Waals surface area contributed by atoms with Crippen molar-refractivity contribution in [3.05, 3.63) is 35.1 Å². The van der Waals surface area contributed by atoms with Crippen molar-refractivity contribution in [2.75, 3.05) is 0 Å². The first-order valence-corrected chi connectivity index (χ1v) is 6.42. The molecule has 1 atom stereocenters. The minimum Gasteiger partial charge on any atom is -0.369 e. The molecule has 1 aliphatic heterocycles. The molecule has 0 radical (unpaired) electrons. The van der Waals surface area contributed by atoms with Gasteiger partial charge in [-0.2, -0.15) is 0 Å². The lowest BCUT2D eigenvalue weighted by molar-refractivity contribution is -0.0712. The minimum absolute atomic E-state index is 0.166. The van der Waals surface area contributed by atoms with Crippen molar-refractivity contribution in [2.45, 2.75) is 45.3 Å². The Balaban J connectivity index is 2.37. The van der Waals surface area contributed by atoms with Gasteiger partial charge in [0.1, 0.15) is 0 Å². The van der Waals surface area contributed by atoms with E-state index in [9.17, 15) is 18.0 Å². The van der Waals surface area contributed by atoms with Crippen LogP contribution in [0.3, 0.4) is 0 Å². The normalized spacial score (nSPS) is 23.9. The maximum Gasteiger partial charge on any atom is 0.194 e. The molecule has 2 rings (SSSR count). The van der Waals surface area contributed by atoms with Crippen LogP contribution in [0.5, 0.6) is 0 Å². The summed E-state index contributed by atoms with van der Waals surface area (Å²) in [5.74, 6) is -5.24. The van der Waals surface area contributed by atoms with Crippen molar-refractivity contribution in [2.24, 2.45) is 5.92 Å². The van der Waals surface area contributed by atoms with Crippen LogP contribution in [0.4, 0.5) is 13.2 Å².